The van der Waals surface area contributed by atoms with Crippen LogP contribution < -0.4 is 5.73 Å². The largest absolute Gasteiger partial charge is 0.472 e. The quantitative estimate of drug-likeness (QED) is 0.0179. The van der Waals surface area contributed by atoms with Crippen LogP contribution in [0.3, 0.4) is 0 Å². The van der Waals surface area contributed by atoms with E-state index in [9.17, 15) is 24.2 Å². The third-order valence-corrected chi connectivity index (χ3v) is 9.94. The highest BCUT2D eigenvalue weighted by Gasteiger charge is 2.26. The van der Waals surface area contributed by atoms with E-state index in [0.717, 1.165) is 38.5 Å². The number of allylic oxidation sites excluding steroid dienone is 8. The number of hydrogen-bond donors (Lipinski definition) is 3. The van der Waals surface area contributed by atoms with Crippen LogP contribution in [-0.4, -0.2) is 60.5 Å². The standard InChI is InChI=1S/C45H80NO9P/c1-3-5-7-9-11-13-14-15-16-17-18-19-20-22-24-28-33-37-45(49)55-43(41-54-56(50,51)53-39-38-46)40-52-44(48)36-32-29-25-27-31-35-42(47)34-30-26-23-21-12-10-8-6-4-2/h12,15-16,21,25-27,30-31,35,42-43,47H,3-11,13-14,17-20,22-24,28-29,32-34,36-41,46H2,1-2H3,(H,50,51)/b16-15-,21-12-,27-25+,30-26-,35-31-/t42?,43-/m1/s1. The summed E-state index contributed by atoms with van der Waals surface area (Å²) in [5.41, 5.74) is 5.34. The second-order valence-electron chi connectivity index (χ2n) is 14.4. The lowest BCUT2D eigenvalue weighted by Crippen LogP contribution is -2.29. The minimum absolute atomic E-state index is 0.0310. The molecular formula is C45H80NO9P. The minimum atomic E-state index is -4.41. The van der Waals surface area contributed by atoms with Gasteiger partial charge in [-0.25, -0.2) is 4.57 Å². The molecule has 4 N–H and O–H groups in total. The fraction of sp³-hybridized carbons (Fsp3) is 0.733. The normalized spacial score (nSPS) is 14.4. The van der Waals surface area contributed by atoms with E-state index in [2.05, 4.69) is 44.2 Å². The molecule has 0 aliphatic rings. The third-order valence-electron chi connectivity index (χ3n) is 8.96. The molecule has 0 aromatic rings. The van der Waals surface area contributed by atoms with Gasteiger partial charge >= 0.3 is 19.8 Å². The van der Waals surface area contributed by atoms with Crippen LogP contribution in [0.2, 0.25) is 0 Å². The summed E-state index contributed by atoms with van der Waals surface area (Å²) in [5, 5.41) is 10.1. The number of hydrogen-bond acceptors (Lipinski definition) is 9. The Kier molecular flexibility index (Phi) is 39.2. The van der Waals surface area contributed by atoms with E-state index >= 15 is 0 Å². The molecular weight excluding hydrogens is 729 g/mol. The molecule has 56 heavy (non-hydrogen) atoms. The molecule has 0 fully saturated rings. The molecule has 2 unspecified atom stereocenters. The molecule has 0 heterocycles. The first-order valence-corrected chi connectivity index (χ1v) is 23.4. The van der Waals surface area contributed by atoms with Gasteiger partial charge in [-0.1, -0.05) is 152 Å². The second kappa shape index (κ2) is 40.9. The highest BCUT2D eigenvalue weighted by molar-refractivity contribution is 7.47. The van der Waals surface area contributed by atoms with Crippen LogP contribution in [0.1, 0.15) is 174 Å². The molecule has 0 saturated carbocycles. The third kappa shape index (κ3) is 39.9. The minimum Gasteiger partial charge on any atom is -0.462 e. The van der Waals surface area contributed by atoms with Crippen molar-refractivity contribution in [2.24, 2.45) is 5.73 Å². The average molecular weight is 810 g/mol. The molecule has 0 spiro atoms. The first-order chi connectivity index (χ1) is 27.2. The fourth-order valence-corrected chi connectivity index (χ4v) is 6.41. The lowest BCUT2D eigenvalue weighted by Gasteiger charge is -2.19. The number of aliphatic hydroxyl groups excluding tert-OH is 1. The monoisotopic (exact) mass is 810 g/mol. The van der Waals surface area contributed by atoms with Crippen molar-refractivity contribution in [1.29, 1.82) is 0 Å². The van der Waals surface area contributed by atoms with Crippen molar-refractivity contribution in [2.75, 3.05) is 26.4 Å². The Morgan fingerprint density at radius 2 is 1.16 bits per heavy atom. The topological polar surface area (TPSA) is 155 Å². The van der Waals surface area contributed by atoms with Gasteiger partial charge in [-0.05, 0) is 70.6 Å². The number of aliphatic hydroxyl groups is 1. The number of esters is 2. The number of carbonyl (C=O) groups is 2. The number of phosphoric acid groups is 1. The van der Waals surface area contributed by atoms with Gasteiger partial charge < -0.3 is 25.2 Å². The van der Waals surface area contributed by atoms with Gasteiger partial charge in [0, 0.05) is 19.4 Å². The summed E-state index contributed by atoms with van der Waals surface area (Å²) in [6.45, 7) is 3.52. The van der Waals surface area contributed by atoms with Crippen LogP contribution >= 0.6 is 7.82 Å². The van der Waals surface area contributed by atoms with Crippen LogP contribution in [0.15, 0.2) is 60.8 Å². The molecule has 0 aliphatic heterocycles. The van der Waals surface area contributed by atoms with Crippen LogP contribution in [0.4, 0.5) is 0 Å². The summed E-state index contributed by atoms with van der Waals surface area (Å²) in [4.78, 5) is 34.9. The fourth-order valence-electron chi connectivity index (χ4n) is 5.64. The van der Waals surface area contributed by atoms with Gasteiger partial charge in [-0.15, -0.1) is 0 Å². The number of rotatable bonds is 40. The molecule has 0 bridgehead atoms. The van der Waals surface area contributed by atoms with E-state index in [4.69, 9.17) is 24.3 Å². The zero-order valence-corrected chi connectivity index (χ0v) is 36.1. The SMILES string of the molecule is CCCCC/C=C\C/C=C\CC(O)/C=C\C=C\CCCC(=O)OC[C@H](COP(=O)(O)OCCN)OC(=O)CCCCCCCCC/C=C\CCCCCCCC. The Balaban J connectivity index is 4.34. The van der Waals surface area contributed by atoms with Gasteiger partial charge in [0.1, 0.15) is 6.61 Å². The van der Waals surface area contributed by atoms with E-state index in [-0.39, 0.29) is 32.6 Å². The Bertz CT molecular complexity index is 1120. The Labute approximate surface area is 341 Å². The summed E-state index contributed by atoms with van der Waals surface area (Å²) in [7, 11) is -4.41. The lowest BCUT2D eigenvalue weighted by molar-refractivity contribution is -0.161. The van der Waals surface area contributed by atoms with Crippen LogP contribution in [0.25, 0.3) is 0 Å². The van der Waals surface area contributed by atoms with E-state index in [1.807, 2.05) is 18.2 Å². The predicted molar refractivity (Wildman–Crippen MR) is 230 cm³/mol. The van der Waals surface area contributed by atoms with Crippen LogP contribution in [0, 0.1) is 0 Å². The molecule has 3 atom stereocenters. The Morgan fingerprint density at radius 1 is 0.625 bits per heavy atom. The highest BCUT2D eigenvalue weighted by atomic mass is 31.2. The molecule has 0 aliphatic carbocycles. The zero-order valence-electron chi connectivity index (χ0n) is 35.2. The first kappa shape index (κ1) is 53.7. The van der Waals surface area contributed by atoms with Crippen molar-refractivity contribution < 1.29 is 42.7 Å². The molecule has 0 aromatic carbocycles. The maximum absolute atomic E-state index is 12.6. The second-order valence-corrected chi connectivity index (χ2v) is 15.9. The number of carbonyl (C=O) groups excluding carboxylic acids is 2. The zero-order chi connectivity index (χ0) is 41.2. The van der Waals surface area contributed by atoms with E-state index in [1.165, 1.54) is 83.5 Å². The Hall–Kier alpha value is -2.33. The van der Waals surface area contributed by atoms with Gasteiger partial charge in [0.25, 0.3) is 0 Å². The van der Waals surface area contributed by atoms with Crippen molar-refractivity contribution in [3.05, 3.63) is 60.8 Å². The van der Waals surface area contributed by atoms with E-state index in [0.29, 0.717) is 25.7 Å². The van der Waals surface area contributed by atoms with Gasteiger partial charge in [-0.3, -0.25) is 18.6 Å². The van der Waals surface area contributed by atoms with Crippen LogP contribution in [0.5, 0.6) is 0 Å². The van der Waals surface area contributed by atoms with Crippen LogP contribution in [-0.2, 0) is 32.7 Å². The molecule has 0 aromatic heterocycles. The average Bonchev–Trinajstić information content (AvgIpc) is 3.18. The number of unbranched alkanes of at least 4 members (excludes halogenated alkanes) is 17. The summed E-state index contributed by atoms with van der Waals surface area (Å²) >= 11 is 0. The van der Waals surface area contributed by atoms with Crippen molar-refractivity contribution in [3.8, 4) is 0 Å². The van der Waals surface area contributed by atoms with Gasteiger partial charge in [-0.2, -0.15) is 0 Å². The molecule has 11 heteroatoms. The van der Waals surface area contributed by atoms with E-state index in [1.54, 1.807) is 12.2 Å². The maximum Gasteiger partial charge on any atom is 0.472 e. The molecule has 0 radical (unpaired) electrons. The Morgan fingerprint density at radius 3 is 1.82 bits per heavy atom. The number of ether oxygens (including phenoxy) is 2. The lowest BCUT2D eigenvalue weighted by atomic mass is 10.1. The first-order valence-electron chi connectivity index (χ1n) is 21.9. The van der Waals surface area contributed by atoms with Crippen molar-refractivity contribution in [1.82, 2.24) is 0 Å². The van der Waals surface area contributed by atoms with Gasteiger partial charge in [0.15, 0.2) is 6.10 Å². The molecule has 0 amide bonds. The molecule has 0 rings (SSSR count). The number of phosphoric ester groups is 1. The van der Waals surface area contributed by atoms with Gasteiger partial charge in [0.2, 0.25) is 0 Å². The molecule has 0 saturated heterocycles. The van der Waals surface area contributed by atoms with Crippen molar-refractivity contribution >= 4 is 19.8 Å². The number of nitrogens with two attached hydrogens (primary N) is 1. The van der Waals surface area contributed by atoms with Crippen molar-refractivity contribution in [3.63, 3.8) is 0 Å². The molecule has 10 nitrogen and oxygen atoms in total. The smallest absolute Gasteiger partial charge is 0.462 e. The van der Waals surface area contributed by atoms with E-state index < -0.39 is 38.6 Å². The summed E-state index contributed by atoms with van der Waals surface area (Å²) in [5.74, 6) is -0.966. The predicted octanol–water partition coefficient (Wildman–Crippen LogP) is 11.5. The van der Waals surface area contributed by atoms with Crippen molar-refractivity contribution in [2.45, 2.75) is 187 Å². The summed E-state index contributed by atoms with van der Waals surface area (Å²) in [6.07, 6.45) is 44.2. The maximum atomic E-state index is 12.6. The highest BCUT2D eigenvalue weighted by Crippen LogP contribution is 2.43. The van der Waals surface area contributed by atoms with Gasteiger partial charge in [0.05, 0.1) is 19.3 Å². The molecule has 324 valence electrons. The summed E-state index contributed by atoms with van der Waals surface area (Å²) in [6, 6.07) is 0. The summed E-state index contributed by atoms with van der Waals surface area (Å²) < 4.78 is 32.7.